The molecule has 1 aliphatic rings. The van der Waals surface area contributed by atoms with Gasteiger partial charge in [0.25, 0.3) is 0 Å². The van der Waals surface area contributed by atoms with Gasteiger partial charge < -0.3 is 5.11 Å². The van der Waals surface area contributed by atoms with E-state index in [0.29, 0.717) is 29.4 Å². The Morgan fingerprint density at radius 2 is 2.37 bits per heavy atom. The van der Waals surface area contributed by atoms with E-state index in [9.17, 15) is 13.2 Å². The maximum Gasteiger partial charge on any atom is 0.307 e. The number of aliphatic carboxylic acids is 1. The van der Waals surface area contributed by atoms with Gasteiger partial charge >= 0.3 is 5.97 Å². The third-order valence-corrected chi connectivity index (χ3v) is 5.93. The summed E-state index contributed by atoms with van der Waals surface area (Å²) in [6, 6.07) is 0. The lowest BCUT2D eigenvalue weighted by molar-refractivity contribution is -0.142. The molecule has 2 rings (SSSR count). The van der Waals surface area contributed by atoms with Gasteiger partial charge in [0.2, 0.25) is 10.0 Å². The fraction of sp³-hybridized carbons (Fsp3) is 0.600. The number of thiazole rings is 1. The molecule has 1 aromatic rings. The summed E-state index contributed by atoms with van der Waals surface area (Å²) in [4.78, 5) is 14.9. The largest absolute Gasteiger partial charge is 0.481 e. The first-order valence-electron chi connectivity index (χ1n) is 5.68. The van der Waals surface area contributed by atoms with Crippen LogP contribution in [0.2, 0.25) is 4.34 Å². The van der Waals surface area contributed by atoms with Crippen LogP contribution < -0.4 is 0 Å². The summed E-state index contributed by atoms with van der Waals surface area (Å²) in [5.74, 6) is -1.86. The van der Waals surface area contributed by atoms with Crippen molar-refractivity contribution >= 4 is 38.9 Å². The van der Waals surface area contributed by atoms with Crippen molar-refractivity contribution in [2.45, 2.75) is 18.6 Å². The highest BCUT2D eigenvalue weighted by Gasteiger charge is 2.32. The van der Waals surface area contributed by atoms with Crippen LogP contribution in [0.5, 0.6) is 0 Å². The molecule has 0 unspecified atom stereocenters. The van der Waals surface area contributed by atoms with Crippen molar-refractivity contribution in [3.05, 3.63) is 15.5 Å². The van der Waals surface area contributed by atoms with Gasteiger partial charge in [-0.05, 0) is 12.8 Å². The van der Waals surface area contributed by atoms with Crippen molar-refractivity contribution in [3.8, 4) is 0 Å². The first-order valence-corrected chi connectivity index (χ1v) is 8.55. The minimum atomic E-state index is -3.57. The van der Waals surface area contributed by atoms with Crippen LogP contribution in [0.3, 0.4) is 0 Å². The average Bonchev–Trinajstić information content (AvgIpc) is 2.74. The molecule has 1 atom stereocenters. The van der Waals surface area contributed by atoms with E-state index in [1.54, 1.807) is 0 Å². The number of aromatic nitrogens is 1. The lowest BCUT2D eigenvalue weighted by atomic mass is 10.0. The molecular weight excluding hydrogens is 312 g/mol. The number of carboxylic acid groups (broad SMARTS) is 1. The number of rotatable bonds is 4. The van der Waals surface area contributed by atoms with Crippen LogP contribution in [0, 0.1) is 5.92 Å². The third kappa shape index (κ3) is 3.44. The van der Waals surface area contributed by atoms with E-state index in [-0.39, 0.29) is 12.3 Å². The Bertz CT molecular complexity index is 572. The zero-order chi connectivity index (χ0) is 14.0. The van der Waals surface area contributed by atoms with E-state index in [0.717, 1.165) is 0 Å². The molecule has 19 heavy (non-hydrogen) atoms. The van der Waals surface area contributed by atoms with E-state index in [2.05, 4.69) is 4.98 Å². The summed E-state index contributed by atoms with van der Waals surface area (Å²) in [7, 11) is -3.57. The molecule has 1 aliphatic heterocycles. The standard InChI is InChI=1S/C10H13ClN2O4S2/c11-9-8(12-6-18-9)5-19(16,17)13-3-1-2-7(4-13)10(14)15/h6-7H,1-5H2,(H,14,15)/t7-/m0/s1. The van der Waals surface area contributed by atoms with Crippen LogP contribution >= 0.6 is 22.9 Å². The minimum Gasteiger partial charge on any atom is -0.481 e. The van der Waals surface area contributed by atoms with Gasteiger partial charge in [0.05, 0.1) is 17.1 Å². The fourth-order valence-electron chi connectivity index (χ4n) is 2.01. The van der Waals surface area contributed by atoms with Crippen molar-refractivity contribution in [2.75, 3.05) is 13.1 Å². The van der Waals surface area contributed by atoms with Gasteiger partial charge in [-0.1, -0.05) is 11.6 Å². The number of sulfonamides is 1. The molecule has 6 nitrogen and oxygen atoms in total. The molecule has 0 radical (unpaired) electrons. The molecule has 106 valence electrons. The third-order valence-electron chi connectivity index (χ3n) is 3.04. The number of halogens is 1. The normalized spacial score (nSPS) is 21.4. The zero-order valence-corrected chi connectivity index (χ0v) is 12.3. The SMILES string of the molecule is O=C(O)[C@H]1CCCN(S(=O)(=O)Cc2ncsc2Cl)C1. The van der Waals surface area contributed by atoms with Crippen LogP contribution in [-0.4, -0.2) is 41.9 Å². The highest BCUT2D eigenvalue weighted by molar-refractivity contribution is 7.88. The number of hydrogen-bond donors (Lipinski definition) is 1. The number of piperidine rings is 1. The molecule has 0 amide bonds. The van der Waals surface area contributed by atoms with Crippen LogP contribution in [0.15, 0.2) is 5.51 Å². The zero-order valence-electron chi connectivity index (χ0n) is 9.95. The monoisotopic (exact) mass is 324 g/mol. The van der Waals surface area contributed by atoms with Crippen LogP contribution in [-0.2, 0) is 20.6 Å². The molecule has 1 fully saturated rings. The molecule has 0 spiro atoms. The fourth-order valence-corrected chi connectivity index (χ4v) is 4.51. The average molecular weight is 325 g/mol. The number of nitrogens with zero attached hydrogens (tertiary/aromatic N) is 2. The molecule has 0 aliphatic carbocycles. The summed E-state index contributed by atoms with van der Waals surface area (Å²) in [6.07, 6.45) is 1.07. The molecular formula is C10H13ClN2O4S2. The molecule has 1 N–H and O–H groups in total. The highest BCUT2D eigenvalue weighted by atomic mass is 35.5. The highest BCUT2D eigenvalue weighted by Crippen LogP contribution is 2.25. The van der Waals surface area contributed by atoms with Gasteiger partial charge in [-0.2, -0.15) is 0 Å². The Morgan fingerprint density at radius 3 is 2.95 bits per heavy atom. The Kier molecular flexibility index (Phi) is 4.44. The molecule has 1 aromatic heterocycles. The van der Waals surface area contributed by atoms with E-state index >= 15 is 0 Å². The first-order chi connectivity index (χ1) is 8.90. The number of carboxylic acids is 1. The molecule has 0 saturated carbocycles. The molecule has 9 heteroatoms. The second-order valence-corrected chi connectivity index (χ2v) is 7.79. The van der Waals surface area contributed by atoms with Gasteiger partial charge in [-0.15, -0.1) is 11.3 Å². The first kappa shape index (κ1) is 14.7. The quantitative estimate of drug-likeness (QED) is 0.905. The Morgan fingerprint density at radius 1 is 1.63 bits per heavy atom. The van der Waals surface area contributed by atoms with Crippen molar-refractivity contribution < 1.29 is 18.3 Å². The Labute approximate surface area is 120 Å². The molecule has 0 aromatic carbocycles. The van der Waals surface area contributed by atoms with Gasteiger partial charge in [0.15, 0.2) is 0 Å². The predicted octanol–water partition coefficient (Wildman–Crippen LogP) is 1.42. The lowest BCUT2D eigenvalue weighted by Gasteiger charge is -2.29. The predicted molar refractivity (Wildman–Crippen MR) is 71.7 cm³/mol. The van der Waals surface area contributed by atoms with Crippen molar-refractivity contribution in [1.82, 2.24) is 9.29 Å². The van der Waals surface area contributed by atoms with E-state index in [4.69, 9.17) is 16.7 Å². The maximum absolute atomic E-state index is 12.2. The summed E-state index contributed by atoms with van der Waals surface area (Å²) in [6.45, 7) is 0.382. The van der Waals surface area contributed by atoms with Gasteiger partial charge in [-0.3, -0.25) is 4.79 Å². The van der Waals surface area contributed by atoms with Crippen LogP contribution in [0.25, 0.3) is 0 Å². The van der Waals surface area contributed by atoms with E-state index < -0.39 is 21.9 Å². The van der Waals surface area contributed by atoms with E-state index in [1.165, 1.54) is 21.2 Å². The number of carbonyl (C=O) groups is 1. The summed E-state index contributed by atoms with van der Waals surface area (Å²) in [5, 5.41) is 8.97. The van der Waals surface area contributed by atoms with E-state index in [1.807, 2.05) is 0 Å². The summed E-state index contributed by atoms with van der Waals surface area (Å²) >= 11 is 7.02. The van der Waals surface area contributed by atoms with Gasteiger partial charge in [0.1, 0.15) is 10.1 Å². The van der Waals surface area contributed by atoms with Crippen LogP contribution in [0.4, 0.5) is 0 Å². The number of hydrogen-bond acceptors (Lipinski definition) is 5. The lowest BCUT2D eigenvalue weighted by Crippen LogP contribution is -2.42. The topological polar surface area (TPSA) is 87.6 Å². The van der Waals surface area contributed by atoms with Crippen LogP contribution in [0.1, 0.15) is 18.5 Å². The smallest absolute Gasteiger partial charge is 0.307 e. The minimum absolute atomic E-state index is 0.0272. The van der Waals surface area contributed by atoms with Gasteiger partial charge in [0, 0.05) is 13.1 Å². The molecule has 2 heterocycles. The van der Waals surface area contributed by atoms with Crippen molar-refractivity contribution in [2.24, 2.45) is 5.92 Å². The molecule has 0 bridgehead atoms. The summed E-state index contributed by atoms with van der Waals surface area (Å²) in [5.41, 5.74) is 1.81. The maximum atomic E-state index is 12.2. The second-order valence-electron chi connectivity index (χ2n) is 4.36. The van der Waals surface area contributed by atoms with Crippen molar-refractivity contribution in [3.63, 3.8) is 0 Å². The second kappa shape index (κ2) is 5.74. The molecule has 1 saturated heterocycles. The summed E-state index contributed by atoms with van der Waals surface area (Å²) < 4.78 is 26.0. The van der Waals surface area contributed by atoms with Crippen molar-refractivity contribution in [1.29, 1.82) is 0 Å². The van der Waals surface area contributed by atoms with Gasteiger partial charge in [-0.25, -0.2) is 17.7 Å². The Balaban J connectivity index is 2.11. The Hall–Kier alpha value is -0.700.